The van der Waals surface area contributed by atoms with E-state index in [4.69, 9.17) is 0 Å². The van der Waals surface area contributed by atoms with Crippen LogP contribution in [-0.2, 0) is 20.8 Å². The number of hydrogen-bond acceptors (Lipinski definition) is 4. The predicted molar refractivity (Wildman–Crippen MR) is 109 cm³/mol. The van der Waals surface area contributed by atoms with Gasteiger partial charge in [-0.25, -0.2) is 9.91 Å². The summed E-state index contributed by atoms with van der Waals surface area (Å²) in [4.78, 5) is 41.4. The van der Waals surface area contributed by atoms with Gasteiger partial charge in [-0.2, -0.15) is 0 Å². The fourth-order valence-corrected chi connectivity index (χ4v) is 4.74. The van der Waals surface area contributed by atoms with E-state index in [2.05, 4.69) is 6.92 Å². The number of imide groups is 1. The lowest BCUT2D eigenvalue weighted by atomic mass is 9.89. The van der Waals surface area contributed by atoms with Crippen molar-refractivity contribution in [3.8, 4) is 0 Å². The largest absolute Gasteiger partial charge is 0.281 e. The van der Waals surface area contributed by atoms with E-state index in [0.29, 0.717) is 12.2 Å². The van der Waals surface area contributed by atoms with Crippen LogP contribution in [0.3, 0.4) is 0 Å². The molecule has 3 heterocycles. The van der Waals surface area contributed by atoms with Crippen LogP contribution in [0.25, 0.3) is 0 Å². The Hall–Kier alpha value is -3.15. The molecule has 148 valence electrons. The van der Waals surface area contributed by atoms with Crippen molar-refractivity contribution in [2.75, 3.05) is 16.5 Å². The Morgan fingerprint density at radius 2 is 1.66 bits per heavy atom. The van der Waals surface area contributed by atoms with Crippen LogP contribution in [0.5, 0.6) is 0 Å². The molecule has 2 fully saturated rings. The molecule has 0 bridgehead atoms. The topological polar surface area (TPSA) is 60.9 Å². The van der Waals surface area contributed by atoms with Gasteiger partial charge in [0.25, 0.3) is 5.91 Å². The first-order valence-electron chi connectivity index (χ1n) is 10.0. The summed E-state index contributed by atoms with van der Waals surface area (Å²) in [5, 5.41) is 3.42. The molecule has 0 aromatic heterocycles. The second kappa shape index (κ2) is 5.92. The number of rotatable bonds is 2. The van der Waals surface area contributed by atoms with Crippen LogP contribution in [0, 0.1) is 5.41 Å². The predicted octanol–water partition coefficient (Wildman–Crippen LogP) is 2.88. The Balaban J connectivity index is 1.65. The fourth-order valence-electron chi connectivity index (χ4n) is 4.74. The zero-order chi connectivity index (χ0) is 20.5. The van der Waals surface area contributed by atoms with Crippen molar-refractivity contribution in [2.24, 2.45) is 5.41 Å². The molecule has 29 heavy (non-hydrogen) atoms. The Morgan fingerprint density at radius 3 is 2.34 bits per heavy atom. The minimum Gasteiger partial charge on any atom is -0.281 e. The highest BCUT2D eigenvalue weighted by Gasteiger charge is 2.61. The van der Waals surface area contributed by atoms with Gasteiger partial charge in [-0.1, -0.05) is 37.3 Å². The second-order valence-electron chi connectivity index (χ2n) is 8.60. The third kappa shape index (κ3) is 2.32. The molecule has 2 atom stereocenters. The molecule has 3 amide bonds. The molecule has 0 radical (unpaired) electrons. The summed E-state index contributed by atoms with van der Waals surface area (Å²) >= 11 is 0. The van der Waals surface area contributed by atoms with Gasteiger partial charge in [0, 0.05) is 0 Å². The number of anilines is 2. The van der Waals surface area contributed by atoms with Gasteiger partial charge in [0.05, 0.1) is 29.3 Å². The van der Waals surface area contributed by atoms with Gasteiger partial charge in [0.2, 0.25) is 11.8 Å². The van der Waals surface area contributed by atoms with Gasteiger partial charge in [-0.3, -0.25) is 19.4 Å². The smallest absolute Gasteiger partial charge is 0.259 e. The van der Waals surface area contributed by atoms with Crippen molar-refractivity contribution in [1.29, 1.82) is 0 Å². The first-order chi connectivity index (χ1) is 13.8. The lowest BCUT2D eigenvalue weighted by Gasteiger charge is -2.41. The first kappa shape index (κ1) is 17.9. The van der Waals surface area contributed by atoms with Crippen molar-refractivity contribution >= 4 is 29.1 Å². The van der Waals surface area contributed by atoms with E-state index >= 15 is 0 Å². The Kier molecular flexibility index (Phi) is 3.66. The molecule has 0 N–H and O–H groups in total. The highest BCUT2D eigenvalue weighted by atomic mass is 16.2. The summed E-state index contributed by atoms with van der Waals surface area (Å²) in [7, 11) is 0. The summed E-state index contributed by atoms with van der Waals surface area (Å²) in [5.41, 5.74) is 2.71. The molecule has 5 rings (SSSR count). The number of aryl methyl sites for hydroxylation is 1. The van der Waals surface area contributed by atoms with Gasteiger partial charge >= 0.3 is 0 Å². The van der Waals surface area contributed by atoms with Gasteiger partial charge < -0.3 is 0 Å². The highest BCUT2D eigenvalue weighted by Crippen LogP contribution is 2.49. The van der Waals surface area contributed by atoms with Gasteiger partial charge in [0.1, 0.15) is 6.04 Å². The molecular formula is C23H23N3O3. The number of benzene rings is 2. The van der Waals surface area contributed by atoms with Crippen molar-refractivity contribution in [2.45, 2.75) is 39.2 Å². The normalized spacial score (nSPS) is 24.7. The SMILES string of the molecule is CCc1ccc(N2C(=O)C3c4ccccc4N4CC(C)(C)C(=O)N4C3C2=O)cc1. The number of carbonyl (C=O) groups is 3. The lowest BCUT2D eigenvalue weighted by Crippen LogP contribution is -2.55. The molecule has 0 aliphatic carbocycles. The van der Waals surface area contributed by atoms with E-state index in [-0.39, 0.29) is 17.7 Å². The van der Waals surface area contributed by atoms with Crippen LogP contribution in [0.4, 0.5) is 11.4 Å². The monoisotopic (exact) mass is 389 g/mol. The number of fused-ring (bicyclic) bond motifs is 6. The number of amides is 3. The maximum atomic E-state index is 13.5. The number of hydrazine groups is 1. The first-order valence-corrected chi connectivity index (χ1v) is 10.0. The molecule has 3 aliphatic heterocycles. The summed E-state index contributed by atoms with van der Waals surface area (Å²) in [5.74, 6) is -1.41. The maximum Gasteiger partial charge on any atom is 0.259 e. The maximum absolute atomic E-state index is 13.5. The summed E-state index contributed by atoms with van der Waals surface area (Å²) in [6.07, 6.45) is 0.882. The van der Waals surface area contributed by atoms with Gasteiger partial charge in [-0.15, -0.1) is 0 Å². The molecule has 6 nitrogen and oxygen atoms in total. The third-order valence-corrected chi connectivity index (χ3v) is 6.28. The summed E-state index contributed by atoms with van der Waals surface area (Å²) < 4.78 is 0. The van der Waals surface area contributed by atoms with Crippen LogP contribution < -0.4 is 9.91 Å². The molecule has 2 aromatic carbocycles. The number of carbonyl (C=O) groups excluding carboxylic acids is 3. The van der Waals surface area contributed by atoms with E-state index in [0.717, 1.165) is 23.2 Å². The van der Waals surface area contributed by atoms with Gasteiger partial charge in [0.15, 0.2) is 0 Å². The second-order valence-corrected chi connectivity index (χ2v) is 8.60. The summed E-state index contributed by atoms with van der Waals surface area (Å²) in [6.45, 7) is 6.31. The molecular weight excluding hydrogens is 366 g/mol. The Labute approximate surface area is 169 Å². The third-order valence-electron chi connectivity index (χ3n) is 6.28. The zero-order valence-corrected chi connectivity index (χ0v) is 16.8. The molecule has 6 heteroatoms. The van der Waals surface area contributed by atoms with Crippen molar-refractivity contribution in [3.63, 3.8) is 0 Å². The van der Waals surface area contributed by atoms with E-state index in [1.807, 2.05) is 67.4 Å². The van der Waals surface area contributed by atoms with Gasteiger partial charge in [-0.05, 0) is 49.6 Å². The molecule has 0 spiro atoms. The number of para-hydroxylation sites is 1. The minimum atomic E-state index is -0.836. The van der Waals surface area contributed by atoms with Crippen LogP contribution in [0.2, 0.25) is 0 Å². The van der Waals surface area contributed by atoms with E-state index in [1.165, 1.54) is 9.91 Å². The van der Waals surface area contributed by atoms with E-state index in [9.17, 15) is 14.4 Å². The van der Waals surface area contributed by atoms with Crippen LogP contribution in [-0.4, -0.2) is 35.3 Å². The molecule has 3 aliphatic rings. The van der Waals surface area contributed by atoms with Crippen LogP contribution in [0.15, 0.2) is 48.5 Å². The standard InChI is InChI=1S/C23H23N3O3/c1-4-14-9-11-15(12-10-14)25-20(27)18-16-7-5-6-8-17(16)24-13-23(2,3)22(29)26(24)19(18)21(25)28/h5-12,18-19H,4,13H2,1-3H3. The Bertz CT molecular complexity index is 1040. The quantitative estimate of drug-likeness (QED) is 0.741. The molecule has 2 aromatic rings. The fraction of sp³-hybridized carbons (Fsp3) is 0.348. The molecule has 2 unspecified atom stereocenters. The van der Waals surface area contributed by atoms with Crippen LogP contribution >= 0.6 is 0 Å². The summed E-state index contributed by atoms with van der Waals surface area (Å²) in [6, 6.07) is 14.2. The average molecular weight is 389 g/mol. The van der Waals surface area contributed by atoms with Crippen molar-refractivity contribution in [1.82, 2.24) is 5.01 Å². The molecule has 2 saturated heterocycles. The van der Waals surface area contributed by atoms with Crippen LogP contribution in [0.1, 0.15) is 37.8 Å². The van der Waals surface area contributed by atoms with E-state index < -0.39 is 17.4 Å². The highest BCUT2D eigenvalue weighted by molar-refractivity contribution is 6.26. The zero-order valence-electron chi connectivity index (χ0n) is 16.8. The van der Waals surface area contributed by atoms with E-state index in [1.54, 1.807) is 0 Å². The van der Waals surface area contributed by atoms with Crippen molar-refractivity contribution < 1.29 is 14.4 Å². The van der Waals surface area contributed by atoms with Crippen molar-refractivity contribution in [3.05, 3.63) is 59.7 Å². The number of hydrogen-bond donors (Lipinski definition) is 0. The Morgan fingerprint density at radius 1 is 0.966 bits per heavy atom. The lowest BCUT2D eigenvalue weighted by molar-refractivity contribution is -0.141. The molecule has 0 saturated carbocycles. The number of nitrogens with zero attached hydrogens (tertiary/aromatic N) is 3. The minimum absolute atomic E-state index is 0.119. The average Bonchev–Trinajstić information content (AvgIpc) is 3.12.